The number of amides is 1. The smallest absolute Gasteiger partial charge is 0.289 e. The van der Waals surface area contributed by atoms with Crippen molar-refractivity contribution in [2.45, 2.75) is 20.3 Å². The van der Waals surface area contributed by atoms with Crippen molar-refractivity contribution in [3.05, 3.63) is 47.0 Å². The SMILES string of the molecule is COc1cccc2c1OCC(CNC(=O)c1nnc3nc(C)cc(C)n13)C2. The first-order valence-corrected chi connectivity index (χ1v) is 8.83. The molecular weight excluding hydrogens is 346 g/mol. The van der Waals surface area contributed by atoms with Gasteiger partial charge in [-0.1, -0.05) is 12.1 Å². The molecule has 3 heterocycles. The van der Waals surface area contributed by atoms with Crippen molar-refractivity contribution in [2.75, 3.05) is 20.3 Å². The molecule has 2 aromatic heterocycles. The Balaban J connectivity index is 1.46. The molecule has 4 rings (SSSR count). The van der Waals surface area contributed by atoms with Gasteiger partial charge in [0.2, 0.25) is 5.82 Å². The Bertz CT molecular complexity index is 1010. The van der Waals surface area contributed by atoms with Crippen LogP contribution in [0.1, 0.15) is 27.6 Å². The van der Waals surface area contributed by atoms with Crippen LogP contribution in [-0.4, -0.2) is 45.8 Å². The third-order valence-electron chi connectivity index (χ3n) is 4.70. The summed E-state index contributed by atoms with van der Waals surface area (Å²) in [7, 11) is 1.63. The molecule has 1 atom stereocenters. The molecule has 0 aliphatic carbocycles. The quantitative estimate of drug-likeness (QED) is 0.755. The van der Waals surface area contributed by atoms with Gasteiger partial charge < -0.3 is 14.8 Å². The number of nitrogens with zero attached hydrogens (tertiary/aromatic N) is 4. The van der Waals surface area contributed by atoms with Gasteiger partial charge >= 0.3 is 0 Å². The van der Waals surface area contributed by atoms with Crippen LogP contribution in [-0.2, 0) is 6.42 Å². The molecule has 1 aliphatic rings. The molecule has 0 saturated carbocycles. The van der Waals surface area contributed by atoms with Crippen LogP contribution >= 0.6 is 0 Å². The number of rotatable bonds is 4. The molecule has 1 amide bonds. The number of hydrogen-bond acceptors (Lipinski definition) is 6. The fraction of sp³-hybridized carbons (Fsp3) is 0.368. The second-order valence-electron chi connectivity index (χ2n) is 6.74. The highest BCUT2D eigenvalue weighted by molar-refractivity contribution is 5.91. The molecule has 0 saturated heterocycles. The molecule has 1 aromatic carbocycles. The van der Waals surface area contributed by atoms with Crippen LogP contribution in [0.25, 0.3) is 5.78 Å². The highest BCUT2D eigenvalue weighted by atomic mass is 16.5. The highest BCUT2D eigenvalue weighted by Crippen LogP contribution is 2.35. The van der Waals surface area contributed by atoms with Crippen LogP contribution < -0.4 is 14.8 Å². The Kier molecular flexibility index (Phi) is 4.39. The Morgan fingerprint density at radius 2 is 2.22 bits per heavy atom. The summed E-state index contributed by atoms with van der Waals surface area (Å²) in [6, 6.07) is 7.75. The van der Waals surface area contributed by atoms with Crippen molar-refractivity contribution in [3.8, 4) is 11.5 Å². The Labute approximate surface area is 156 Å². The predicted octanol–water partition coefficient (Wildman–Crippen LogP) is 1.73. The lowest BCUT2D eigenvalue weighted by atomic mass is 9.96. The first-order valence-electron chi connectivity index (χ1n) is 8.83. The molecule has 1 unspecified atom stereocenters. The zero-order chi connectivity index (χ0) is 19.0. The van der Waals surface area contributed by atoms with E-state index in [1.165, 1.54) is 0 Å². The van der Waals surface area contributed by atoms with Gasteiger partial charge in [-0.2, -0.15) is 0 Å². The highest BCUT2D eigenvalue weighted by Gasteiger charge is 2.24. The minimum Gasteiger partial charge on any atom is -0.493 e. The number of carbonyl (C=O) groups is 1. The average molecular weight is 367 g/mol. The number of aromatic nitrogens is 4. The third-order valence-corrected chi connectivity index (χ3v) is 4.70. The van der Waals surface area contributed by atoms with Gasteiger partial charge in [0, 0.05) is 23.9 Å². The third kappa shape index (κ3) is 3.18. The monoisotopic (exact) mass is 367 g/mol. The number of carbonyl (C=O) groups excluding carboxylic acids is 1. The summed E-state index contributed by atoms with van der Waals surface area (Å²) in [5.41, 5.74) is 2.80. The summed E-state index contributed by atoms with van der Waals surface area (Å²) in [4.78, 5) is 16.9. The average Bonchev–Trinajstić information content (AvgIpc) is 3.09. The molecule has 27 heavy (non-hydrogen) atoms. The zero-order valence-corrected chi connectivity index (χ0v) is 15.5. The summed E-state index contributed by atoms with van der Waals surface area (Å²) < 4.78 is 12.9. The maximum atomic E-state index is 12.6. The lowest BCUT2D eigenvalue weighted by Crippen LogP contribution is -2.35. The van der Waals surface area contributed by atoms with Crippen LogP contribution in [0.4, 0.5) is 0 Å². The van der Waals surface area contributed by atoms with E-state index < -0.39 is 0 Å². The van der Waals surface area contributed by atoms with E-state index in [9.17, 15) is 4.79 Å². The van der Waals surface area contributed by atoms with Gasteiger partial charge in [0.05, 0.1) is 13.7 Å². The van der Waals surface area contributed by atoms with E-state index in [2.05, 4.69) is 20.5 Å². The lowest BCUT2D eigenvalue weighted by Gasteiger charge is -2.26. The first kappa shape index (κ1) is 17.3. The van der Waals surface area contributed by atoms with E-state index in [4.69, 9.17) is 9.47 Å². The molecule has 8 nitrogen and oxygen atoms in total. The zero-order valence-electron chi connectivity index (χ0n) is 15.5. The van der Waals surface area contributed by atoms with Crippen molar-refractivity contribution in [3.63, 3.8) is 0 Å². The molecule has 8 heteroatoms. The van der Waals surface area contributed by atoms with E-state index >= 15 is 0 Å². The van der Waals surface area contributed by atoms with E-state index in [0.29, 0.717) is 18.9 Å². The van der Waals surface area contributed by atoms with Crippen molar-refractivity contribution >= 4 is 11.7 Å². The van der Waals surface area contributed by atoms with Crippen molar-refractivity contribution in [2.24, 2.45) is 5.92 Å². The van der Waals surface area contributed by atoms with Crippen molar-refractivity contribution in [1.82, 2.24) is 24.9 Å². The summed E-state index contributed by atoms with van der Waals surface area (Å²) in [5.74, 6) is 2.11. The number of ether oxygens (including phenoxy) is 2. The standard InChI is InChI=1S/C19H21N5O3/c1-11-7-12(2)24-17(22-23-19(24)21-11)18(25)20-9-13-8-14-5-4-6-15(26-3)16(14)27-10-13/h4-7,13H,8-10H2,1-3H3,(H,20,25). The summed E-state index contributed by atoms with van der Waals surface area (Å²) in [5, 5.41) is 11.0. The van der Waals surface area contributed by atoms with Gasteiger partial charge in [-0.25, -0.2) is 4.98 Å². The second kappa shape index (κ2) is 6.86. The van der Waals surface area contributed by atoms with E-state index in [0.717, 1.165) is 34.9 Å². The fourth-order valence-electron chi connectivity index (χ4n) is 3.44. The van der Waals surface area contributed by atoms with Gasteiger partial charge in [0.1, 0.15) is 0 Å². The molecule has 0 bridgehead atoms. The number of nitrogens with one attached hydrogen (secondary N) is 1. The maximum Gasteiger partial charge on any atom is 0.289 e. The van der Waals surface area contributed by atoms with E-state index in [1.807, 2.05) is 38.1 Å². The molecule has 3 aromatic rings. The topological polar surface area (TPSA) is 90.6 Å². The summed E-state index contributed by atoms with van der Waals surface area (Å²) >= 11 is 0. The predicted molar refractivity (Wildman–Crippen MR) is 98.3 cm³/mol. The molecule has 0 fully saturated rings. The number of hydrogen-bond donors (Lipinski definition) is 1. The Morgan fingerprint density at radius 3 is 3.04 bits per heavy atom. The summed E-state index contributed by atoms with van der Waals surface area (Å²) in [6.45, 7) is 4.80. The van der Waals surface area contributed by atoms with Crippen molar-refractivity contribution in [1.29, 1.82) is 0 Å². The van der Waals surface area contributed by atoms with Crippen LogP contribution in [0.3, 0.4) is 0 Å². The largest absolute Gasteiger partial charge is 0.493 e. The van der Waals surface area contributed by atoms with Gasteiger partial charge in [0.15, 0.2) is 11.5 Å². The maximum absolute atomic E-state index is 12.6. The van der Waals surface area contributed by atoms with Gasteiger partial charge in [-0.15, -0.1) is 10.2 Å². The molecule has 140 valence electrons. The van der Waals surface area contributed by atoms with Crippen LogP contribution in [0.2, 0.25) is 0 Å². The molecule has 1 aliphatic heterocycles. The fourth-order valence-corrected chi connectivity index (χ4v) is 3.44. The number of fused-ring (bicyclic) bond motifs is 2. The Hall–Kier alpha value is -3.16. The summed E-state index contributed by atoms with van der Waals surface area (Å²) in [6.07, 6.45) is 0.813. The number of para-hydroxylation sites is 1. The van der Waals surface area contributed by atoms with E-state index in [1.54, 1.807) is 11.5 Å². The lowest BCUT2D eigenvalue weighted by molar-refractivity contribution is 0.0926. The Morgan fingerprint density at radius 1 is 1.37 bits per heavy atom. The molecule has 0 spiro atoms. The number of benzene rings is 1. The first-order chi connectivity index (χ1) is 13.1. The normalized spacial score (nSPS) is 15.9. The van der Waals surface area contributed by atoms with Crippen LogP contribution in [0.5, 0.6) is 11.5 Å². The minimum atomic E-state index is -0.271. The van der Waals surface area contributed by atoms with Gasteiger partial charge in [0.25, 0.3) is 11.7 Å². The van der Waals surface area contributed by atoms with Crippen LogP contribution in [0.15, 0.2) is 24.3 Å². The van der Waals surface area contributed by atoms with Crippen LogP contribution in [0, 0.1) is 19.8 Å². The molecular formula is C19H21N5O3. The molecule has 1 N–H and O–H groups in total. The van der Waals surface area contributed by atoms with Crippen molar-refractivity contribution < 1.29 is 14.3 Å². The second-order valence-corrected chi connectivity index (χ2v) is 6.74. The number of methoxy groups -OCH3 is 1. The minimum absolute atomic E-state index is 0.175. The van der Waals surface area contributed by atoms with Gasteiger partial charge in [-0.3, -0.25) is 9.20 Å². The number of aryl methyl sites for hydroxylation is 2. The van der Waals surface area contributed by atoms with E-state index in [-0.39, 0.29) is 17.6 Å². The molecule has 0 radical (unpaired) electrons. The van der Waals surface area contributed by atoms with Gasteiger partial charge in [-0.05, 0) is 38.0 Å².